The van der Waals surface area contributed by atoms with Crippen LogP contribution in [0.3, 0.4) is 0 Å². The first-order valence-electron chi connectivity index (χ1n) is 6.66. The van der Waals surface area contributed by atoms with E-state index in [4.69, 9.17) is 15.2 Å². The summed E-state index contributed by atoms with van der Waals surface area (Å²) < 4.78 is 13.2. The number of aromatic nitrogens is 2. The fourth-order valence-electron chi connectivity index (χ4n) is 1.98. The molecular weight excluding hydrogens is 254 g/mol. The Hall–Kier alpha value is -2.01. The lowest BCUT2D eigenvalue weighted by atomic mass is 10.1. The third kappa shape index (κ3) is 3.30. The Morgan fingerprint density at radius 3 is 2.75 bits per heavy atom. The van der Waals surface area contributed by atoms with E-state index < -0.39 is 0 Å². The van der Waals surface area contributed by atoms with Crippen LogP contribution in [-0.4, -0.2) is 23.3 Å². The van der Waals surface area contributed by atoms with Gasteiger partial charge in [-0.05, 0) is 31.5 Å². The minimum Gasteiger partial charge on any atom is -0.493 e. The molecule has 0 bridgehead atoms. The average molecular weight is 275 g/mol. The van der Waals surface area contributed by atoms with E-state index in [0.717, 1.165) is 23.7 Å². The lowest BCUT2D eigenvalue weighted by Gasteiger charge is -2.14. The molecule has 2 rings (SSSR count). The van der Waals surface area contributed by atoms with Gasteiger partial charge >= 0.3 is 0 Å². The monoisotopic (exact) mass is 275 g/mol. The summed E-state index contributed by atoms with van der Waals surface area (Å²) >= 11 is 0. The van der Waals surface area contributed by atoms with Gasteiger partial charge in [0.05, 0.1) is 13.7 Å². The fourth-order valence-corrected chi connectivity index (χ4v) is 1.98. The molecule has 1 atom stereocenters. The van der Waals surface area contributed by atoms with Gasteiger partial charge in [0.1, 0.15) is 12.4 Å². The minimum absolute atomic E-state index is 0.0217. The smallest absolute Gasteiger partial charge is 0.161 e. The van der Waals surface area contributed by atoms with E-state index in [-0.39, 0.29) is 6.04 Å². The molecule has 5 heteroatoms. The predicted octanol–water partition coefficient (Wildman–Crippen LogP) is 2.30. The first kappa shape index (κ1) is 14.4. The first-order valence-corrected chi connectivity index (χ1v) is 6.66. The molecule has 1 aromatic carbocycles. The zero-order valence-electron chi connectivity index (χ0n) is 12.2. The molecule has 0 saturated carbocycles. The molecule has 1 aromatic heterocycles. The van der Waals surface area contributed by atoms with E-state index >= 15 is 0 Å². The third-order valence-corrected chi connectivity index (χ3v) is 3.23. The molecule has 0 spiro atoms. The van der Waals surface area contributed by atoms with Crippen molar-refractivity contribution in [2.24, 2.45) is 5.73 Å². The molecule has 2 aromatic rings. The van der Waals surface area contributed by atoms with Crippen LogP contribution < -0.4 is 15.2 Å². The SMILES string of the molecule is COc1cc(C(C)N)ccc1OCCn1ccnc1C. The number of hydrogen-bond donors (Lipinski definition) is 1. The van der Waals surface area contributed by atoms with Gasteiger partial charge in [-0.25, -0.2) is 4.98 Å². The van der Waals surface area contributed by atoms with Crippen molar-refractivity contribution in [1.82, 2.24) is 9.55 Å². The highest BCUT2D eigenvalue weighted by Crippen LogP contribution is 2.29. The van der Waals surface area contributed by atoms with Crippen LogP contribution in [0.25, 0.3) is 0 Å². The number of methoxy groups -OCH3 is 1. The zero-order valence-corrected chi connectivity index (χ0v) is 12.2. The highest BCUT2D eigenvalue weighted by atomic mass is 16.5. The van der Waals surface area contributed by atoms with E-state index in [1.807, 2.05) is 42.8 Å². The van der Waals surface area contributed by atoms with Crippen LogP contribution in [0.5, 0.6) is 11.5 Å². The van der Waals surface area contributed by atoms with Crippen molar-refractivity contribution in [2.75, 3.05) is 13.7 Å². The third-order valence-electron chi connectivity index (χ3n) is 3.23. The maximum absolute atomic E-state index is 5.86. The van der Waals surface area contributed by atoms with Gasteiger partial charge in [0, 0.05) is 18.4 Å². The molecule has 0 saturated heterocycles. The van der Waals surface area contributed by atoms with E-state index in [1.165, 1.54) is 0 Å². The van der Waals surface area contributed by atoms with Crippen molar-refractivity contribution in [3.8, 4) is 11.5 Å². The predicted molar refractivity (Wildman–Crippen MR) is 78.1 cm³/mol. The molecule has 0 fully saturated rings. The molecule has 1 unspecified atom stereocenters. The van der Waals surface area contributed by atoms with Crippen LogP contribution in [0.15, 0.2) is 30.6 Å². The van der Waals surface area contributed by atoms with Crippen LogP contribution >= 0.6 is 0 Å². The lowest BCUT2D eigenvalue weighted by Crippen LogP contribution is -2.10. The molecule has 0 radical (unpaired) electrons. The Balaban J connectivity index is 2.00. The number of nitrogens with two attached hydrogens (primary N) is 1. The second-order valence-corrected chi connectivity index (χ2v) is 4.72. The summed E-state index contributed by atoms with van der Waals surface area (Å²) in [5.41, 5.74) is 6.89. The summed E-state index contributed by atoms with van der Waals surface area (Å²) in [6, 6.07) is 5.76. The van der Waals surface area contributed by atoms with E-state index in [9.17, 15) is 0 Å². The Bertz CT molecular complexity index is 564. The lowest BCUT2D eigenvalue weighted by molar-refractivity contribution is 0.278. The maximum Gasteiger partial charge on any atom is 0.161 e. The van der Waals surface area contributed by atoms with Crippen molar-refractivity contribution in [2.45, 2.75) is 26.4 Å². The average Bonchev–Trinajstić information content (AvgIpc) is 2.84. The van der Waals surface area contributed by atoms with Gasteiger partial charge in [0.25, 0.3) is 0 Å². The van der Waals surface area contributed by atoms with E-state index in [0.29, 0.717) is 12.4 Å². The molecule has 0 aliphatic heterocycles. The van der Waals surface area contributed by atoms with Gasteiger partial charge in [0.2, 0.25) is 0 Å². The number of rotatable bonds is 6. The van der Waals surface area contributed by atoms with Gasteiger partial charge in [-0.2, -0.15) is 0 Å². The van der Waals surface area contributed by atoms with Crippen molar-refractivity contribution in [3.63, 3.8) is 0 Å². The normalized spacial score (nSPS) is 12.2. The summed E-state index contributed by atoms with van der Waals surface area (Å²) in [5, 5.41) is 0. The molecule has 0 aliphatic rings. The Labute approximate surface area is 119 Å². The number of hydrogen-bond acceptors (Lipinski definition) is 4. The Kier molecular flexibility index (Phi) is 4.63. The highest BCUT2D eigenvalue weighted by molar-refractivity contribution is 5.43. The second kappa shape index (κ2) is 6.43. The zero-order chi connectivity index (χ0) is 14.5. The van der Waals surface area contributed by atoms with E-state index in [1.54, 1.807) is 13.3 Å². The minimum atomic E-state index is -0.0217. The fraction of sp³-hybridized carbons (Fsp3) is 0.400. The maximum atomic E-state index is 5.86. The highest BCUT2D eigenvalue weighted by Gasteiger charge is 2.08. The first-order chi connectivity index (χ1) is 9.61. The molecule has 108 valence electrons. The van der Waals surface area contributed by atoms with Crippen LogP contribution in [0.2, 0.25) is 0 Å². The van der Waals surface area contributed by atoms with Gasteiger partial charge < -0.3 is 19.8 Å². The van der Waals surface area contributed by atoms with Crippen LogP contribution in [-0.2, 0) is 6.54 Å². The number of benzene rings is 1. The van der Waals surface area contributed by atoms with Crippen molar-refractivity contribution < 1.29 is 9.47 Å². The molecular formula is C15H21N3O2. The summed E-state index contributed by atoms with van der Waals surface area (Å²) in [7, 11) is 1.63. The summed E-state index contributed by atoms with van der Waals surface area (Å²) in [5.74, 6) is 2.42. The molecule has 0 amide bonds. The van der Waals surface area contributed by atoms with Gasteiger partial charge in [-0.15, -0.1) is 0 Å². The standard InChI is InChI=1S/C15H21N3O2/c1-11(16)13-4-5-14(15(10-13)19-3)20-9-8-18-7-6-17-12(18)2/h4-7,10-11H,8-9,16H2,1-3H3. The number of imidazole rings is 1. The van der Waals surface area contributed by atoms with Crippen molar-refractivity contribution >= 4 is 0 Å². The number of nitrogens with zero attached hydrogens (tertiary/aromatic N) is 2. The Morgan fingerprint density at radius 1 is 1.35 bits per heavy atom. The van der Waals surface area contributed by atoms with Crippen LogP contribution in [0, 0.1) is 6.92 Å². The quantitative estimate of drug-likeness (QED) is 0.878. The van der Waals surface area contributed by atoms with Crippen molar-refractivity contribution in [1.29, 1.82) is 0 Å². The van der Waals surface area contributed by atoms with Gasteiger partial charge in [-0.1, -0.05) is 6.07 Å². The molecule has 2 N–H and O–H groups in total. The molecule has 1 heterocycles. The Morgan fingerprint density at radius 2 is 2.15 bits per heavy atom. The van der Waals surface area contributed by atoms with E-state index in [2.05, 4.69) is 4.98 Å². The van der Waals surface area contributed by atoms with Crippen LogP contribution in [0.1, 0.15) is 24.4 Å². The van der Waals surface area contributed by atoms with Crippen molar-refractivity contribution in [3.05, 3.63) is 42.0 Å². The number of aryl methyl sites for hydroxylation is 1. The molecule has 0 aliphatic carbocycles. The summed E-state index contributed by atoms with van der Waals surface area (Å²) in [6.45, 7) is 5.23. The largest absolute Gasteiger partial charge is 0.493 e. The summed E-state index contributed by atoms with van der Waals surface area (Å²) in [4.78, 5) is 4.18. The van der Waals surface area contributed by atoms with Gasteiger partial charge in [-0.3, -0.25) is 0 Å². The molecule has 20 heavy (non-hydrogen) atoms. The second-order valence-electron chi connectivity index (χ2n) is 4.72. The van der Waals surface area contributed by atoms with Crippen LogP contribution in [0.4, 0.5) is 0 Å². The van der Waals surface area contributed by atoms with Gasteiger partial charge in [0.15, 0.2) is 11.5 Å². The molecule has 5 nitrogen and oxygen atoms in total. The number of ether oxygens (including phenoxy) is 2. The summed E-state index contributed by atoms with van der Waals surface area (Å²) in [6.07, 6.45) is 3.72. The topological polar surface area (TPSA) is 62.3 Å².